The number of likely N-dealkylation sites (tertiary alicyclic amines) is 1. The van der Waals surface area contributed by atoms with Crippen molar-refractivity contribution in [2.45, 2.75) is 38.0 Å². The van der Waals surface area contributed by atoms with Gasteiger partial charge in [0.2, 0.25) is 5.91 Å². The zero-order valence-corrected chi connectivity index (χ0v) is 21.6. The van der Waals surface area contributed by atoms with E-state index in [9.17, 15) is 9.59 Å². The van der Waals surface area contributed by atoms with Crippen LogP contribution in [-0.4, -0.2) is 32.8 Å². The van der Waals surface area contributed by atoms with Gasteiger partial charge in [0, 0.05) is 43.0 Å². The van der Waals surface area contributed by atoms with E-state index in [1.807, 2.05) is 66.9 Å². The number of thioether (sulfide) groups is 1. The number of anilines is 1. The molecule has 0 spiro atoms. The number of nitrogens with zero attached hydrogens (tertiary/aromatic N) is 2. The third kappa shape index (κ3) is 5.07. The van der Waals surface area contributed by atoms with Crippen LogP contribution in [0.2, 0.25) is 0 Å². The molecule has 0 saturated carbocycles. The molecule has 2 aromatic carbocycles. The average molecular weight is 504 g/mol. The molecular weight excluding hydrogens is 474 g/mol. The highest BCUT2D eigenvalue weighted by molar-refractivity contribution is 8.23. The Morgan fingerprint density at radius 3 is 2.60 bits per heavy atom. The first-order valence-electron chi connectivity index (χ1n) is 12.0. The number of hydrogen-bond acceptors (Lipinski definition) is 4. The molecule has 3 heterocycles. The predicted molar refractivity (Wildman–Crippen MR) is 147 cm³/mol. The summed E-state index contributed by atoms with van der Waals surface area (Å²) >= 11 is 7.36. The minimum absolute atomic E-state index is 0.0785. The van der Waals surface area contributed by atoms with Gasteiger partial charge in [0.1, 0.15) is 9.57 Å². The number of nitrogens with one attached hydrogen (secondary N) is 1. The SMILES string of the molecule is Cc1ccc(NC(=O)[C@H](SC(=S)N2C[C@@H]3C[C@@H](C2)c2cccc(=O)n2C3)c2ccccc2)c(C)c1. The minimum atomic E-state index is -0.457. The molecule has 1 saturated heterocycles. The van der Waals surface area contributed by atoms with Crippen molar-refractivity contribution >= 4 is 39.9 Å². The fourth-order valence-electron chi connectivity index (χ4n) is 5.27. The molecule has 1 fully saturated rings. The average Bonchev–Trinajstić information content (AvgIpc) is 2.85. The second kappa shape index (κ2) is 9.99. The summed E-state index contributed by atoms with van der Waals surface area (Å²) in [6.07, 6.45) is 1.07. The lowest BCUT2D eigenvalue weighted by molar-refractivity contribution is -0.115. The molecule has 1 aromatic heterocycles. The summed E-state index contributed by atoms with van der Waals surface area (Å²) in [6, 6.07) is 21.4. The number of carbonyl (C=O) groups excluding carboxylic acids is 1. The number of benzene rings is 2. The standard InChI is InChI=1S/C28H29N3O2S2/c1-18-11-12-23(19(2)13-18)29-27(33)26(21-7-4-3-5-8-21)35-28(34)30-15-20-14-22(17-30)24-9-6-10-25(32)31(24)16-20/h3-13,20,22,26H,14-17H2,1-2H3,(H,29,33)/t20-,22-,26+/m0/s1. The Labute approximate surface area is 215 Å². The van der Waals surface area contributed by atoms with Crippen LogP contribution in [0.5, 0.6) is 0 Å². The molecule has 0 radical (unpaired) electrons. The van der Waals surface area contributed by atoms with Crippen molar-refractivity contribution in [1.82, 2.24) is 9.47 Å². The van der Waals surface area contributed by atoms with E-state index in [1.54, 1.807) is 6.07 Å². The van der Waals surface area contributed by atoms with Gasteiger partial charge in [-0.05, 0) is 49.4 Å². The smallest absolute Gasteiger partial charge is 0.250 e. The van der Waals surface area contributed by atoms with Crippen molar-refractivity contribution in [2.75, 3.05) is 18.4 Å². The molecular formula is C28H29N3O2S2. The Bertz CT molecular complexity index is 1320. The number of carbonyl (C=O) groups is 1. The van der Waals surface area contributed by atoms with Crippen molar-refractivity contribution in [3.05, 3.63) is 99.5 Å². The predicted octanol–water partition coefficient (Wildman–Crippen LogP) is 5.28. The maximum absolute atomic E-state index is 13.5. The van der Waals surface area contributed by atoms with Crippen molar-refractivity contribution in [3.63, 3.8) is 0 Å². The number of hydrogen-bond donors (Lipinski definition) is 1. The van der Waals surface area contributed by atoms with Crippen molar-refractivity contribution < 1.29 is 4.79 Å². The molecule has 2 aliphatic heterocycles. The zero-order chi connectivity index (χ0) is 24.5. The Balaban J connectivity index is 1.36. The van der Waals surface area contributed by atoms with Gasteiger partial charge < -0.3 is 14.8 Å². The lowest BCUT2D eigenvalue weighted by Gasteiger charge is -2.43. The molecule has 1 N–H and O–H groups in total. The van der Waals surface area contributed by atoms with Gasteiger partial charge in [-0.2, -0.15) is 0 Å². The molecule has 0 aliphatic carbocycles. The summed E-state index contributed by atoms with van der Waals surface area (Å²) in [5.41, 5.74) is 5.12. The van der Waals surface area contributed by atoms with Gasteiger partial charge in [-0.1, -0.05) is 78.1 Å². The van der Waals surface area contributed by atoms with Gasteiger partial charge in [-0.3, -0.25) is 9.59 Å². The second-order valence-electron chi connectivity index (χ2n) is 9.59. The van der Waals surface area contributed by atoms with Gasteiger partial charge in [0.25, 0.3) is 5.56 Å². The molecule has 3 atom stereocenters. The van der Waals surface area contributed by atoms with Crippen LogP contribution in [0.3, 0.4) is 0 Å². The van der Waals surface area contributed by atoms with Gasteiger partial charge >= 0.3 is 0 Å². The van der Waals surface area contributed by atoms with Gasteiger partial charge in [-0.25, -0.2) is 0 Å². The van der Waals surface area contributed by atoms with E-state index in [2.05, 4.69) is 22.3 Å². The molecule has 5 nitrogen and oxygen atoms in total. The Morgan fingerprint density at radius 1 is 1.03 bits per heavy atom. The van der Waals surface area contributed by atoms with Gasteiger partial charge in [0.15, 0.2) is 0 Å². The first kappa shape index (κ1) is 23.8. The summed E-state index contributed by atoms with van der Waals surface area (Å²) in [5, 5.41) is 2.67. The van der Waals surface area contributed by atoms with Crippen LogP contribution in [0, 0.1) is 19.8 Å². The van der Waals surface area contributed by atoms with E-state index >= 15 is 0 Å². The van der Waals surface area contributed by atoms with Crippen molar-refractivity contribution in [1.29, 1.82) is 0 Å². The maximum Gasteiger partial charge on any atom is 0.250 e. The maximum atomic E-state index is 13.5. The van der Waals surface area contributed by atoms with Gasteiger partial charge in [-0.15, -0.1) is 0 Å². The fourth-order valence-corrected chi connectivity index (χ4v) is 6.67. The second-order valence-corrected chi connectivity index (χ2v) is 11.3. The normalized spacial score (nSPS) is 19.5. The van der Waals surface area contributed by atoms with E-state index in [0.29, 0.717) is 5.92 Å². The summed E-state index contributed by atoms with van der Waals surface area (Å²) < 4.78 is 2.66. The number of thiocarbonyl (C=S) groups is 1. The first-order valence-corrected chi connectivity index (χ1v) is 13.3. The quantitative estimate of drug-likeness (QED) is 0.491. The molecule has 5 rings (SSSR count). The highest BCUT2D eigenvalue weighted by atomic mass is 32.2. The number of amides is 1. The minimum Gasteiger partial charge on any atom is -0.356 e. The number of aromatic nitrogens is 1. The zero-order valence-electron chi connectivity index (χ0n) is 19.9. The molecule has 35 heavy (non-hydrogen) atoms. The Hall–Kier alpha value is -2.90. The Morgan fingerprint density at radius 2 is 1.83 bits per heavy atom. The van der Waals surface area contributed by atoms with Crippen LogP contribution in [-0.2, 0) is 11.3 Å². The summed E-state index contributed by atoms with van der Waals surface area (Å²) in [5.74, 6) is 0.567. The van der Waals surface area contributed by atoms with Gasteiger partial charge in [0.05, 0.1) is 0 Å². The highest BCUT2D eigenvalue weighted by Crippen LogP contribution is 2.39. The number of rotatable bonds is 4. The third-order valence-electron chi connectivity index (χ3n) is 6.94. The first-order chi connectivity index (χ1) is 16.9. The number of aryl methyl sites for hydroxylation is 2. The fraction of sp³-hybridized carbons (Fsp3) is 0.321. The van der Waals surface area contributed by atoms with Crippen molar-refractivity contribution in [3.8, 4) is 0 Å². The van der Waals surface area contributed by atoms with E-state index in [1.165, 1.54) is 11.8 Å². The lowest BCUT2D eigenvalue weighted by Crippen LogP contribution is -2.48. The van der Waals surface area contributed by atoms with Crippen LogP contribution in [0.15, 0.2) is 71.5 Å². The van der Waals surface area contributed by atoms with Crippen LogP contribution < -0.4 is 10.9 Å². The number of piperidine rings is 1. The van der Waals surface area contributed by atoms with Crippen LogP contribution in [0.4, 0.5) is 5.69 Å². The molecule has 0 unspecified atom stereocenters. The van der Waals surface area contributed by atoms with E-state index in [0.717, 1.165) is 58.4 Å². The number of fused-ring (bicyclic) bond motifs is 4. The number of pyridine rings is 1. The third-order valence-corrected chi connectivity index (χ3v) is 8.67. The molecule has 2 aliphatic rings. The molecule has 3 aromatic rings. The van der Waals surface area contributed by atoms with Crippen LogP contribution in [0.25, 0.3) is 0 Å². The largest absolute Gasteiger partial charge is 0.356 e. The lowest BCUT2D eigenvalue weighted by atomic mass is 9.83. The Kier molecular flexibility index (Phi) is 6.80. The molecule has 1 amide bonds. The molecule has 2 bridgehead atoms. The van der Waals surface area contributed by atoms with E-state index in [4.69, 9.17) is 12.2 Å². The highest BCUT2D eigenvalue weighted by Gasteiger charge is 2.36. The van der Waals surface area contributed by atoms with Crippen LogP contribution >= 0.6 is 24.0 Å². The van der Waals surface area contributed by atoms with E-state index in [-0.39, 0.29) is 17.4 Å². The van der Waals surface area contributed by atoms with E-state index < -0.39 is 5.25 Å². The monoisotopic (exact) mass is 503 g/mol. The summed E-state index contributed by atoms with van der Waals surface area (Å²) in [4.78, 5) is 28.1. The van der Waals surface area contributed by atoms with Crippen LogP contribution in [0.1, 0.15) is 40.0 Å². The topological polar surface area (TPSA) is 54.3 Å². The molecule has 7 heteroatoms. The van der Waals surface area contributed by atoms with Crippen molar-refractivity contribution in [2.24, 2.45) is 5.92 Å². The molecule has 180 valence electrons. The summed E-state index contributed by atoms with van der Waals surface area (Å²) in [7, 11) is 0. The summed E-state index contributed by atoms with van der Waals surface area (Å²) in [6.45, 7) is 6.36.